The molecule has 1 heterocycles. The van der Waals surface area contributed by atoms with Gasteiger partial charge in [0, 0.05) is 23.4 Å². The van der Waals surface area contributed by atoms with Crippen LogP contribution in [0.1, 0.15) is 36.0 Å². The normalized spacial score (nSPS) is 11.6. The molecule has 0 saturated carbocycles. The third-order valence-corrected chi connectivity index (χ3v) is 7.25. The number of ether oxygens (including phenoxy) is 3. The summed E-state index contributed by atoms with van der Waals surface area (Å²) in [7, 11) is 1.60. The fourth-order valence-electron chi connectivity index (χ4n) is 4.02. The van der Waals surface area contributed by atoms with Gasteiger partial charge in [0.2, 0.25) is 0 Å². The molecular formula is C30H32N2O4S. The molecule has 1 aromatic heterocycles. The van der Waals surface area contributed by atoms with Gasteiger partial charge in [0.1, 0.15) is 22.3 Å². The molecule has 0 radical (unpaired) electrons. The second kappa shape index (κ2) is 12.4. The average Bonchev–Trinajstić information content (AvgIpc) is 3.30. The van der Waals surface area contributed by atoms with Gasteiger partial charge < -0.3 is 19.1 Å². The minimum absolute atomic E-state index is 0.154. The lowest BCUT2D eigenvalue weighted by molar-refractivity contribution is 0.138. The Morgan fingerprint density at radius 2 is 1.59 bits per heavy atom. The molecule has 1 atom stereocenters. The quantitative estimate of drug-likeness (QED) is 0.221. The van der Waals surface area contributed by atoms with Crippen LogP contribution in [0.2, 0.25) is 0 Å². The van der Waals surface area contributed by atoms with Gasteiger partial charge in [0.15, 0.2) is 0 Å². The lowest BCUT2D eigenvalue weighted by atomic mass is 10.1. The molecule has 37 heavy (non-hydrogen) atoms. The van der Waals surface area contributed by atoms with Crippen LogP contribution in [0.15, 0.2) is 78.9 Å². The van der Waals surface area contributed by atoms with Crippen molar-refractivity contribution in [3.63, 3.8) is 0 Å². The standard InChI is InChI=1S/C30H32N2O4S/c1-5-32(30(33)36-27-17-15-25(34-4)16-18-27)21(2)23-11-13-26(14-12-23)35-20-19-28-22(3)37-29(31-28)24-9-7-6-8-10-24/h6-18,21H,5,19-20H2,1-4H3. The summed E-state index contributed by atoms with van der Waals surface area (Å²) in [4.78, 5) is 20.5. The molecule has 0 aliphatic heterocycles. The highest BCUT2D eigenvalue weighted by atomic mass is 32.1. The Bertz CT molecular complexity index is 1290. The smallest absolute Gasteiger partial charge is 0.415 e. The van der Waals surface area contributed by atoms with E-state index >= 15 is 0 Å². The van der Waals surface area contributed by atoms with Crippen LogP contribution in [-0.2, 0) is 6.42 Å². The summed E-state index contributed by atoms with van der Waals surface area (Å²) in [5, 5.41) is 1.04. The van der Waals surface area contributed by atoms with E-state index in [2.05, 4.69) is 19.1 Å². The van der Waals surface area contributed by atoms with Crippen LogP contribution in [-0.4, -0.2) is 36.2 Å². The topological polar surface area (TPSA) is 60.9 Å². The molecule has 0 fully saturated rings. The van der Waals surface area contributed by atoms with Gasteiger partial charge >= 0.3 is 6.09 Å². The molecule has 1 unspecified atom stereocenters. The summed E-state index contributed by atoms with van der Waals surface area (Å²) in [6, 6.07) is 24.9. The molecule has 0 saturated heterocycles. The maximum Gasteiger partial charge on any atom is 0.415 e. The predicted octanol–water partition coefficient (Wildman–Crippen LogP) is 7.33. The van der Waals surface area contributed by atoms with Crippen molar-refractivity contribution in [3.8, 4) is 27.8 Å². The summed E-state index contributed by atoms with van der Waals surface area (Å²) >= 11 is 1.71. The van der Waals surface area contributed by atoms with Gasteiger partial charge in [-0.2, -0.15) is 0 Å². The molecule has 0 N–H and O–H groups in total. The van der Waals surface area contributed by atoms with Crippen molar-refractivity contribution in [2.75, 3.05) is 20.3 Å². The Balaban J connectivity index is 1.31. The molecule has 7 heteroatoms. The number of aryl methyl sites for hydroxylation is 1. The highest BCUT2D eigenvalue weighted by molar-refractivity contribution is 7.15. The number of nitrogens with zero attached hydrogens (tertiary/aromatic N) is 2. The minimum Gasteiger partial charge on any atom is -0.497 e. The molecule has 3 aromatic carbocycles. The third kappa shape index (κ3) is 6.68. The van der Waals surface area contributed by atoms with Crippen LogP contribution < -0.4 is 14.2 Å². The van der Waals surface area contributed by atoms with E-state index in [1.54, 1.807) is 47.6 Å². The monoisotopic (exact) mass is 516 g/mol. The van der Waals surface area contributed by atoms with Crippen molar-refractivity contribution in [3.05, 3.63) is 95.0 Å². The number of carbonyl (C=O) groups excluding carboxylic acids is 1. The third-order valence-electron chi connectivity index (χ3n) is 6.19. The first-order valence-electron chi connectivity index (χ1n) is 12.4. The van der Waals surface area contributed by atoms with E-state index in [1.165, 1.54) is 4.88 Å². The highest BCUT2D eigenvalue weighted by Crippen LogP contribution is 2.28. The molecule has 0 spiro atoms. The number of benzene rings is 3. The van der Waals surface area contributed by atoms with Crippen LogP contribution in [0.3, 0.4) is 0 Å². The first kappa shape index (κ1) is 26.2. The Labute approximate surface area is 222 Å². The predicted molar refractivity (Wildman–Crippen MR) is 148 cm³/mol. The van der Waals surface area contributed by atoms with Crippen LogP contribution in [0.4, 0.5) is 4.79 Å². The summed E-state index contributed by atoms with van der Waals surface area (Å²) in [6.45, 7) is 7.10. The van der Waals surface area contributed by atoms with Crippen molar-refractivity contribution < 1.29 is 19.0 Å². The number of aromatic nitrogens is 1. The van der Waals surface area contributed by atoms with Gasteiger partial charge in [-0.15, -0.1) is 11.3 Å². The van der Waals surface area contributed by atoms with E-state index < -0.39 is 6.09 Å². The van der Waals surface area contributed by atoms with Crippen LogP contribution >= 0.6 is 11.3 Å². The molecule has 0 bridgehead atoms. The molecule has 0 aliphatic carbocycles. The van der Waals surface area contributed by atoms with Gasteiger partial charge in [0.25, 0.3) is 0 Å². The lowest BCUT2D eigenvalue weighted by Gasteiger charge is -2.27. The maximum atomic E-state index is 12.8. The van der Waals surface area contributed by atoms with Crippen LogP contribution in [0.25, 0.3) is 10.6 Å². The fourth-order valence-corrected chi connectivity index (χ4v) is 4.98. The number of methoxy groups -OCH3 is 1. The van der Waals surface area contributed by atoms with Crippen molar-refractivity contribution in [1.82, 2.24) is 9.88 Å². The van der Waals surface area contributed by atoms with Crippen LogP contribution in [0.5, 0.6) is 17.2 Å². The maximum absolute atomic E-state index is 12.8. The zero-order valence-electron chi connectivity index (χ0n) is 21.6. The molecule has 0 aliphatic rings. The van der Waals surface area contributed by atoms with Crippen molar-refractivity contribution >= 4 is 17.4 Å². The second-order valence-electron chi connectivity index (χ2n) is 8.56. The van der Waals surface area contributed by atoms with E-state index in [-0.39, 0.29) is 6.04 Å². The number of amides is 1. The Kier molecular flexibility index (Phi) is 8.80. The van der Waals surface area contributed by atoms with Gasteiger partial charge in [0.05, 0.1) is 25.5 Å². The summed E-state index contributed by atoms with van der Waals surface area (Å²) in [6.07, 6.45) is 0.350. The Morgan fingerprint density at radius 1 is 0.946 bits per heavy atom. The van der Waals surface area contributed by atoms with Gasteiger partial charge in [-0.05, 0) is 62.7 Å². The van der Waals surface area contributed by atoms with E-state index in [9.17, 15) is 4.79 Å². The number of thiazole rings is 1. The Morgan fingerprint density at radius 3 is 2.24 bits per heavy atom. The first-order valence-corrected chi connectivity index (χ1v) is 13.2. The van der Waals surface area contributed by atoms with E-state index in [0.717, 1.165) is 34.0 Å². The molecule has 4 rings (SSSR count). The first-order chi connectivity index (χ1) is 18.0. The van der Waals surface area contributed by atoms with Gasteiger partial charge in [-0.25, -0.2) is 9.78 Å². The van der Waals surface area contributed by atoms with E-state index in [4.69, 9.17) is 19.2 Å². The van der Waals surface area contributed by atoms with Crippen molar-refractivity contribution in [2.24, 2.45) is 0 Å². The largest absolute Gasteiger partial charge is 0.497 e. The highest BCUT2D eigenvalue weighted by Gasteiger charge is 2.22. The zero-order chi connectivity index (χ0) is 26.2. The molecule has 6 nitrogen and oxygen atoms in total. The molecule has 192 valence electrons. The molecular weight excluding hydrogens is 484 g/mol. The Hall–Kier alpha value is -3.84. The average molecular weight is 517 g/mol. The van der Waals surface area contributed by atoms with Crippen LogP contribution in [0, 0.1) is 6.92 Å². The van der Waals surface area contributed by atoms with Gasteiger partial charge in [-0.3, -0.25) is 0 Å². The van der Waals surface area contributed by atoms with Gasteiger partial charge in [-0.1, -0.05) is 42.5 Å². The van der Waals surface area contributed by atoms with E-state index in [0.29, 0.717) is 24.7 Å². The lowest BCUT2D eigenvalue weighted by Crippen LogP contribution is -2.35. The zero-order valence-corrected chi connectivity index (χ0v) is 22.5. The molecule has 1 amide bonds. The van der Waals surface area contributed by atoms with Crippen molar-refractivity contribution in [2.45, 2.75) is 33.2 Å². The molecule has 4 aromatic rings. The summed E-state index contributed by atoms with van der Waals surface area (Å²) in [5.41, 5.74) is 3.22. The summed E-state index contributed by atoms with van der Waals surface area (Å²) < 4.78 is 16.7. The fraction of sp³-hybridized carbons (Fsp3) is 0.267. The number of hydrogen-bond acceptors (Lipinski definition) is 6. The number of carbonyl (C=O) groups is 1. The van der Waals surface area contributed by atoms with E-state index in [1.807, 2.05) is 56.3 Å². The minimum atomic E-state index is -0.394. The number of hydrogen-bond donors (Lipinski definition) is 0. The van der Waals surface area contributed by atoms with Crippen molar-refractivity contribution in [1.29, 1.82) is 0 Å². The second-order valence-corrected chi connectivity index (χ2v) is 9.76. The number of rotatable bonds is 10. The SMILES string of the molecule is CCN(C(=O)Oc1ccc(OC)cc1)C(C)c1ccc(OCCc2nc(-c3ccccc3)sc2C)cc1. The summed E-state index contributed by atoms with van der Waals surface area (Å²) in [5.74, 6) is 1.98.